The van der Waals surface area contributed by atoms with E-state index in [4.69, 9.17) is 13.6 Å². The molecule has 0 unspecified atom stereocenters. The minimum Gasteiger partial charge on any atom is -0.497 e. The highest BCUT2D eigenvalue weighted by Gasteiger charge is 2.46. The number of hydrogen-bond donors (Lipinski definition) is 1. The molecule has 24 heavy (non-hydrogen) atoms. The third kappa shape index (κ3) is 2.46. The number of benzene rings is 1. The number of ether oxygens (including phenoxy) is 1. The number of furan rings is 1. The summed E-state index contributed by atoms with van der Waals surface area (Å²) in [4.78, 5) is 16.7. The summed E-state index contributed by atoms with van der Waals surface area (Å²) in [5.74, 6) is 1.30. The van der Waals surface area contributed by atoms with Crippen LogP contribution in [0.4, 0.5) is 0 Å². The molecule has 1 N–H and O–H groups in total. The van der Waals surface area contributed by atoms with Crippen LogP contribution in [0.15, 0.2) is 57.9 Å². The zero-order valence-electron chi connectivity index (χ0n) is 13.1. The summed E-state index contributed by atoms with van der Waals surface area (Å²) in [7, 11) is 1.63. The van der Waals surface area contributed by atoms with E-state index in [0.717, 1.165) is 24.2 Å². The molecule has 6 nitrogen and oxygen atoms in total. The number of nitrogens with zero attached hydrogens (tertiary/aromatic N) is 1. The highest BCUT2D eigenvalue weighted by molar-refractivity contribution is 5.97. The van der Waals surface area contributed by atoms with Crippen molar-refractivity contribution in [2.24, 2.45) is 0 Å². The van der Waals surface area contributed by atoms with Gasteiger partial charge in [-0.1, -0.05) is 12.1 Å². The minimum atomic E-state index is -0.370. The predicted molar refractivity (Wildman–Crippen MR) is 85.6 cm³/mol. The van der Waals surface area contributed by atoms with E-state index in [9.17, 15) is 4.79 Å². The molecule has 1 aromatic carbocycles. The molecular formula is C18H16N2O4. The van der Waals surface area contributed by atoms with Crippen LogP contribution in [0.2, 0.25) is 0 Å². The lowest BCUT2D eigenvalue weighted by atomic mass is 10.0. The van der Waals surface area contributed by atoms with Gasteiger partial charge in [0.15, 0.2) is 17.8 Å². The van der Waals surface area contributed by atoms with Crippen LogP contribution in [0.3, 0.4) is 0 Å². The van der Waals surface area contributed by atoms with Gasteiger partial charge in [-0.3, -0.25) is 4.79 Å². The normalized spacial score (nSPS) is 15.0. The highest BCUT2D eigenvalue weighted by atomic mass is 16.5. The molecule has 0 atom stereocenters. The van der Waals surface area contributed by atoms with Gasteiger partial charge in [0.05, 0.1) is 18.9 Å². The number of rotatable bonds is 5. The number of oxazole rings is 1. The maximum absolute atomic E-state index is 12.7. The van der Waals surface area contributed by atoms with E-state index in [1.165, 1.54) is 12.7 Å². The maximum atomic E-state index is 12.7. The number of amides is 1. The van der Waals surface area contributed by atoms with E-state index >= 15 is 0 Å². The fourth-order valence-corrected chi connectivity index (χ4v) is 2.80. The topological polar surface area (TPSA) is 77.5 Å². The van der Waals surface area contributed by atoms with Crippen LogP contribution >= 0.6 is 0 Å². The Bertz CT molecular complexity index is 863. The molecule has 1 amide bonds. The third-order valence-electron chi connectivity index (χ3n) is 4.25. The first-order chi connectivity index (χ1) is 11.7. The molecule has 0 bridgehead atoms. The Hall–Kier alpha value is -3.02. The van der Waals surface area contributed by atoms with E-state index in [2.05, 4.69) is 10.3 Å². The Kier molecular flexibility index (Phi) is 3.37. The number of hydrogen-bond acceptors (Lipinski definition) is 5. The summed E-state index contributed by atoms with van der Waals surface area (Å²) in [5.41, 5.74) is 0.878. The fraction of sp³-hybridized carbons (Fsp3) is 0.222. The van der Waals surface area contributed by atoms with Gasteiger partial charge in [-0.15, -0.1) is 0 Å². The monoisotopic (exact) mass is 324 g/mol. The average molecular weight is 324 g/mol. The van der Waals surface area contributed by atoms with Gasteiger partial charge in [0.2, 0.25) is 5.76 Å². The van der Waals surface area contributed by atoms with Gasteiger partial charge >= 0.3 is 0 Å². The van der Waals surface area contributed by atoms with E-state index in [0.29, 0.717) is 11.5 Å². The molecule has 1 aliphatic carbocycles. The second-order valence-electron chi connectivity index (χ2n) is 5.78. The number of carbonyl (C=O) groups excluding carboxylic acids is 1. The summed E-state index contributed by atoms with van der Waals surface area (Å²) in [6, 6.07) is 11.2. The first kappa shape index (κ1) is 14.6. The van der Waals surface area contributed by atoms with Crippen LogP contribution in [-0.4, -0.2) is 18.0 Å². The molecule has 0 aliphatic heterocycles. The lowest BCUT2D eigenvalue weighted by Crippen LogP contribution is -2.35. The summed E-state index contributed by atoms with van der Waals surface area (Å²) in [5, 5.41) is 3.08. The standard InChI is InChI=1S/C18H16N2O4/c1-22-13-5-2-4-12(10-13)18(7-8-18)20-17(21)15-16(24-11-19-15)14-6-3-9-23-14/h2-6,9-11H,7-8H2,1H3,(H,20,21). The van der Waals surface area contributed by atoms with Gasteiger partial charge in [-0.05, 0) is 42.7 Å². The summed E-state index contributed by atoms with van der Waals surface area (Å²) < 4.78 is 15.9. The number of aromatic nitrogens is 1. The first-order valence-electron chi connectivity index (χ1n) is 7.66. The van der Waals surface area contributed by atoms with Crippen LogP contribution in [0.25, 0.3) is 11.5 Å². The van der Waals surface area contributed by atoms with Gasteiger partial charge in [-0.2, -0.15) is 0 Å². The quantitative estimate of drug-likeness (QED) is 0.778. The largest absolute Gasteiger partial charge is 0.497 e. The average Bonchev–Trinajstić information content (AvgIpc) is 3.05. The summed E-state index contributed by atoms with van der Waals surface area (Å²) >= 11 is 0. The lowest BCUT2D eigenvalue weighted by Gasteiger charge is -2.18. The molecule has 2 aromatic heterocycles. The Morgan fingerprint density at radius 1 is 1.25 bits per heavy atom. The minimum absolute atomic E-state index is 0.221. The zero-order valence-corrected chi connectivity index (χ0v) is 13.1. The number of methoxy groups -OCH3 is 1. The number of carbonyl (C=O) groups is 1. The van der Waals surface area contributed by atoms with Crippen molar-refractivity contribution in [3.63, 3.8) is 0 Å². The van der Waals surface area contributed by atoms with Crippen LogP contribution in [-0.2, 0) is 5.54 Å². The van der Waals surface area contributed by atoms with Gasteiger partial charge in [-0.25, -0.2) is 4.98 Å². The van der Waals surface area contributed by atoms with Gasteiger partial charge in [0.1, 0.15) is 5.75 Å². The van der Waals surface area contributed by atoms with Crippen molar-refractivity contribution in [2.75, 3.05) is 7.11 Å². The Morgan fingerprint density at radius 3 is 2.83 bits per heavy atom. The van der Waals surface area contributed by atoms with Crippen molar-refractivity contribution in [1.29, 1.82) is 0 Å². The van der Waals surface area contributed by atoms with Gasteiger partial charge < -0.3 is 18.9 Å². The van der Waals surface area contributed by atoms with Crippen molar-refractivity contribution in [1.82, 2.24) is 10.3 Å². The highest BCUT2D eigenvalue weighted by Crippen LogP contribution is 2.46. The van der Waals surface area contributed by atoms with Gasteiger partial charge in [0.25, 0.3) is 5.91 Å². The molecule has 0 saturated heterocycles. The van der Waals surface area contributed by atoms with E-state index in [1.807, 2.05) is 24.3 Å². The predicted octanol–water partition coefficient (Wildman–Crippen LogP) is 3.36. The van der Waals surface area contributed by atoms with E-state index in [1.54, 1.807) is 19.2 Å². The maximum Gasteiger partial charge on any atom is 0.274 e. The summed E-state index contributed by atoms with van der Waals surface area (Å²) in [6.07, 6.45) is 4.52. The van der Waals surface area contributed by atoms with Crippen LogP contribution < -0.4 is 10.1 Å². The second kappa shape index (κ2) is 5.56. The van der Waals surface area contributed by atoms with Crippen molar-refractivity contribution >= 4 is 5.91 Å². The third-order valence-corrected chi connectivity index (χ3v) is 4.25. The molecule has 1 fully saturated rings. The molecule has 0 spiro atoms. The zero-order chi connectivity index (χ0) is 16.6. The van der Waals surface area contributed by atoms with E-state index < -0.39 is 0 Å². The van der Waals surface area contributed by atoms with Crippen LogP contribution in [0, 0.1) is 0 Å². The molecular weight excluding hydrogens is 308 g/mol. The molecule has 122 valence electrons. The molecule has 3 aromatic rings. The SMILES string of the molecule is COc1cccc(C2(NC(=O)c3ncoc3-c3ccco3)CC2)c1. The van der Waals surface area contributed by atoms with Crippen molar-refractivity contribution < 1.29 is 18.4 Å². The molecule has 1 aliphatic rings. The van der Waals surface area contributed by atoms with Crippen molar-refractivity contribution in [3.8, 4) is 17.3 Å². The first-order valence-corrected chi connectivity index (χ1v) is 7.66. The Balaban J connectivity index is 1.60. The Labute approximate surface area is 138 Å². The molecule has 4 rings (SSSR count). The molecule has 0 radical (unpaired) electrons. The second-order valence-corrected chi connectivity index (χ2v) is 5.78. The van der Waals surface area contributed by atoms with Gasteiger partial charge in [0, 0.05) is 0 Å². The van der Waals surface area contributed by atoms with Crippen LogP contribution in [0.5, 0.6) is 5.75 Å². The van der Waals surface area contributed by atoms with Crippen molar-refractivity contribution in [3.05, 3.63) is 60.3 Å². The fourth-order valence-electron chi connectivity index (χ4n) is 2.80. The van der Waals surface area contributed by atoms with E-state index in [-0.39, 0.29) is 17.1 Å². The molecule has 6 heteroatoms. The molecule has 1 saturated carbocycles. The Morgan fingerprint density at radius 2 is 2.12 bits per heavy atom. The number of nitrogens with one attached hydrogen (secondary N) is 1. The molecule has 2 heterocycles. The van der Waals surface area contributed by atoms with Crippen LogP contribution in [0.1, 0.15) is 28.9 Å². The lowest BCUT2D eigenvalue weighted by molar-refractivity contribution is 0.0926. The van der Waals surface area contributed by atoms with Crippen molar-refractivity contribution in [2.45, 2.75) is 18.4 Å². The summed E-state index contributed by atoms with van der Waals surface area (Å²) in [6.45, 7) is 0. The smallest absolute Gasteiger partial charge is 0.274 e.